The van der Waals surface area contributed by atoms with E-state index < -0.39 is 16.2 Å². The van der Waals surface area contributed by atoms with Crippen LogP contribution in [0.25, 0.3) is 32.8 Å². The molecule has 57 heavy (non-hydrogen) atoms. The molecule has 6 aromatic rings. The predicted molar refractivity (Wildman–Crippen MR) is 224 cm³/mol. The Morgan fingerprint density at radius 3 is 2.37 bits per heavy atom. The third-order valence-corrected chi connectivity index (χ3v) is 12.2. The van der Waals surface area contributed by atoms with E-state index in [9.17, 15) is 18.3 Å². The van der Waals surface area contributed by atoms with Gasteiger partial charge in [-0.2, -0.15) is 22.1 Å². The Balaban J connectivity index is 0.00000549. The molecule has 0 radical (unpaired) electrons. The van der Waals surface area contributed by atoms with Gasteiger partial charge >= 0.3 is 5.97 Å². The number of carbonyl (C=O) groups excluding carboxylic acids is 1. The Bertz CT molecular complexity index is 2430. The summed E-state index contributed by atoms with van der Waals surface area (Å²) in [4.78, 5) is 18.9. The van der Waals surface area contributed by atoms with Gasteiger partial charge in [0.15, 0.2) is 0 Å². The zero-order valence-corrected chi connectivity index (χ0v) is 33.0. The van der Waals surface area contributed by atoms with Crippen molar-refractivity contribution < 1.29 is 32.5 Å². The quantitative estimate of drug-likeness (QED) is 0.0749. The first-order chi connectivity index (χ1) is 27.1. The molecule has 302 valence electrons. The fraction of sp³-hybridized carbons (Fsp3) is 0.349. The highest BCUT2D eigenvalue weighted by atomic mass is 32.2. The maximum absolute atomic E-state index is 13.4. The van der Waals surface area contributed by atoms with Crippen LogP contribution in [-0.2, 0) is 34.6 Å². The molecule has 1 aliphatic rings. The van der Waals surface area contributed by atoms with Gasteiger partial charge < -0.3 is 29.2 Å². The van der Waals surface area contributed by atoms with E-state index in [-0.39, 0.29) is 27.2 Å². The molecule has 1 saturated heterocycles. The summed E-state index contributed by atoms with van der Waals surface area (Å²) in [6.45, 7) is 6.28. The maximum atomic E-state index is 13.4. The highest BCUT2D eigenvalue weighted by Gasteiger charge is 2.29. The Morgan fingerprint density at radius 2 is 1.65 bits per heavy atom. The smallest absolute Gasteiger partial charge is 0.355 e. The molecule has 0 bridgehead atoms. The molecule has 1 fully saturated rings. The zero-order chi connectivity index (χ0) is 39.4. The first kappa shape index (κ1) is 41.2. The summed E-state index contributed by atoms with van der Waals surface area (Å²) in [6, 6.07) is 25.9. The van der Waals surface area contributed by atoms with Crippen LogP contribution in [-0.4, -0.2) is 96.8 Å². The van der Waals surface area contributed by atoms with E-state index in [4.69, 9.17) is 14.2 Å². The lowest BCUT2D eigenvalue weighted by atomic mass is 9.94. The van der Waals surface area contributed by atoms with Gasteiger partial charge in [0, 0.05) is 67.9 Å². The Labute approximate surface area is 334 Å². The summed E-state index contributed by atoms with van der Waals surface area (Å²) in [5, 5.41) is 21.0. The van der Waals surface area contributed by atoms with Gasteiger partial charge in [-0.15, -0.1) is 0 Å². The average molecular weight is 797 g/mol. The SMILES string of the molecule is C.CCOC(=O)c1[nH]c2c(-c3c(CO)n[nH]c3COc3ccc(N4CCN(S(=O)(=O)N(C)C)CC4)cc3)c(C)ccc2c1CCCOc1cccc2ccccc12. The predicted octanol–water partition coefficient (Wildman–Crippen LogP) is 6.84. The molecular weight excluding hydrogens is 745 g/mol. The molecule has 0 aliphatic carbocycles. The first-order valence-corrected chi connectivity index (χ1v) is 20.2. The number of aromatic amines is 2. The van der Waals surface area contributed by atoms with Crippen LogP contribution in [0.2, 0.25) is 0 Å². The van der Waals surface area contributed by atoms with E-state index in [2.05, 4.69) is 32.2 Å². The van der Waals surface area contributed by atoms with E-state index in [1.807, 2.05) is 73.7 Å². The molecular formula is C43H52N6O7S. The molecule has 0 unspecified atom stereocenters. The van der Waals surface area contributed by atoms with E-state index in [0.29, 0.717) is 74.0 Å². The lowest BCUT2D eigenvalue weighted by Crippen LogP contribution is -2.51. The van der Waals surface area contributed by atoms with Crippen molar-refractivity contribution in [2.75, 3.05) is 58.4 Å². The largest absolute Gasteiger partial charge is 0.493 e. The van der Waals surface area contributed by atoms with Gasteiger partial charge in [0.05, 0.1) is 36.7 Å². The van der Waals surface area contributed by atoms with Crippen molar-refractivity contribution in [2.45, 2.75) is 47.3 Å². The minimum absolute atomic E-state index is 0. The number of hydrogen-bond acceptors (Lipinski definition) is 9. The van der Waals surface area contributed by atoms with E-state index >= 15 is 0 Å². The number of anilines is 1. The number of nitrogens with one attached hydrogen (secondary N) is 2. The molecule has 14 heteroatoms. The lowest BCUT2D eigenvalue weighted by Gasteiger charge is -2.36. The van der Waals surface area contributed by atoms with Crippen LogP contribution in [0.5, 0.6) is 11.5 Å². The van der Waals surface area contributed by atoms with Gasteiger partial charge in [0.2, 0.25) is 0 Å². The van der Waals surface area contributed by atoms with Gasteiger partial charge in [-0.05, 0) is 73.5 Å². The van der Waals surface area contributed by atoms with Crippen molar-refractivity contribution in [1.29, 1.82) is 0 Å². The highest BCUT2D eigenvalue weighted by molar-refractivity contribution is 7.86. The van der Waals surface area contributed by atoms with Crippen molar-refractivity contribution in [3.05, 3.63) is 107 Å². The van der Waals surface area contributed by atoms with Gasteiger partial charge in [-0.25, -0.2) is 4.79 Å². The fourth-order valence-corrected chi connectivity index (χ4v) is 8.47. The van der Waals surface area contributed by atoms with Crippen LogP contribution >= 0.6 is 0 Å². The summed E-state index contributed by atoms with van der Waals surface area (Å²) < 4.78 is 45.8. The number of piperazine rings is 1. The Kier molecular flexibility index (Phi) is 12.9. The number of aryl methyl sites for hydroxylation is 2. The second-order valence-electron chi connectivity index (χ2n) is 13.9. The molecule has 13 nitrogen and oxygen atoms in total. The molecule has 0 atom stereocenters. The molecule has 2 aromatic heterocycles. The number of aliphatic hydroxyl groups is 1. The number of nitrogens with zero attached hydrogens (tertiary/aromatic N) is 4. The average Bonchev–Trinajstić information content (AvgIpc) is 3.80. The lowest BCUT2D eigenvalue weighted by molar-refractivity contribution is 0.0519. The fourth-order valence-electron chi connectivity index (χ4n) is 7.39. The monoisotopic (exact) mass is 796 g/mol. The van der Waals surface area contributed by atoms with Crippen LogP contribution < -0.4 is 14.4 Å². The van der Waals surface area contributed by atoms with E-state index in [1.54, 1.807) is 21.0 Å². The molecule has 4 aromatic carbocycles. The van der Waals surface area contributed by atoms with Gasteiger partial charge in [0.25, 0.3) is 10.2 Å². The minimum Gasteiger partial charge on any atom is -0.493 e. The molecule has 3 heterocycles. The number of fused-ring (bicyclic) bond motifs is 2. The third kappa shape index (κ3) is 8.49. The second-order valence-corrected chi connectivity index (χ2v) is 16.1. The van der Waals surface area contributed by atoms with Crippen molar-refractivity contribution in [2.24, 2.45) is 0 Å². The number of esters is 1. The molecule has 7 rings (SSSR count). The Hall–Kier alpha value is -5.41. The van der Waals surface area contributed by atoms with Crippen molar-refractivity contribution in [1.82, 2.24) is 23.8 Å². The molecule has 0 saturated carbocycles. The number of rotatable bonds is 15. The van der Waals surface area contributed by atoms with E-state index in [1.165, 1.54) is 8.61 Å². The first-order valence-electron chi connectivity index (χ1n) is 18.8. The number of benzene rings is 4. The maximum Gasteiger partial charge on any atom is 0.355 e. The number of carbonyl (C=O) groups is 1. The standard InChI is InChI=1S/C42H48N6O7S.CH4/c1-5-53-42(50)41-33(13-9-25-54-37-14-8-11-29-10-6-7-12-32(29)37)34-20-15-28(2)38(40(34)43-41)39-35(26-49)44-45-36(39)27-55-31-18-16-30(17-19-31)47-21-23-48(24-22-47)56(51,52)46(3)4;/h6-8,10-12,14-20,43,49H,5,9,13,21-27H2,1-4H3,(H,44,45);1H4. The number of ether oxygens (including phenoxy) is 3. The molecule has 0 amide bonds. The number of aliphatic hydroxyl groups excluding tert-OH is 1. The summed E-state index contributed by atoms with van der Waals surface area (Å²) in [7, 11) is -0.352. The minimum atomic E-state index is -3.44. The van der Waals surface area contributed by atoms with Crippen LogP contribution in [0.3, 0.4) is 0 Å². The normalized spacial score (nSPS) is 13.6. The number of aromatic nitrogens is 3. The number of hydrogen-bond donors (Lipinski definition) is 3. The highest BCUT2D eigenvalue weighted by Crippen LogP contribution is 2.39. The van der Waals surface area contributed by atoms with Crippen molar-refractivity contribution >= 4 is 43.5 Å². The van der Waals surface area contributed by atoms with Crippen LogP contribution in [0.1, 0.15) is 53.8 Å². The molecule has 1 aliphatic heterocycles. The number of H-pyrrole nitrogens is 2. The van der Waals surface area contributed by atoms with Crippen LogP contribution in [0.15, 0.2) is 78.9 Å². The Morgan fingerprint density at radius 1 is 0.912 bits per heavy atom. The molecule has 3 N–H and O–H groups in total. The van der Waals surface area contributed by atoms with Crippen LogP contribution in [0.4, 0.5) is 5.69 Å². The molecule has 0 spiro atoms. The van der Waals surface area contributed by atoms with Gasteiger partial charge in [-0.3, -0.25) is 5.10 Å². The second kappa shape index (κ2) is 17.8. The van der Waals surface area contributed by atoms with Crippen molar-refractivity contribution in [3.63, 3.8) is 0 Å². The van der Waals surface area contributed by atoms with Gasteiger partial charge in [0.1, 0.15) is 23.8 Å². The summed E-state index contributed by atoms with van der Waals surface area (Å²) in [5.41, 5.74) is 6.55. The summed E-state index contributed by atoms with van der Waals surface area (Å²) >= 11 is 0. The van der Waals surface area contributed by atoms with Crippen molar-refractivity contribution in [3.8, 4) is 22.6 Å². The topological polar surface area (TPSA) is 153 Å². The summed E-state index contributed by atoms with van der Waals surface area (Å²) in [5.74, 6) is 1.03. The van der Waals surface area contributed by atoms with E-state index in [0.717, 1.165) is 49.8 Å². The van der Waals surface area contributed by atoms with Crippen LogP contribution in [0, 0.1) is 6.92 Å². The van der Waals surface area contributed by atoms with Gasteiger partial charge in [-0.1, -0.05) is 56.0 Å². The summed E-state index contributed by atoms with van der Waals surface area (Å²) in [6.07, 6.45) is 1.22. The third-order valence-electron chi connectivity index (χ3n) is 10.3. The zero-order valence-electron chi connectivity index (χ0n) is 32.2.